The van der Waals surface area contributed by atoms with Crippen LogP contribution >= 0.6 is 0 Å². The lowest BCUT2D eigenvalue weighted by Gasteiger charge is -2.13. The summed E-state index contributed by atoms with van der Waals surface area (Å²) in [5.41, 5.74) is 0. The molecule has 3 heteroatoms. The SMILES string of the molecule is CC(CC1CC1)NCCNC(=O)C1CC1. The van der Waals surface area contributed by atoms with Crippen molar-refractivity contribution in [3.63, 3.8) is 0 Å². The van der Waals surface area contributed by atoms with E-state index in [-0.39, 0.29) is 5.91 Å². The lowest BCUT2D eigenvalue weighted by atomic mass is 10.1. The van der Waals surface area contributed by atoms with Crippen LogP contribution in [0.25, 0.3) is 0 Å². The maximum Gasteiger partial charge on any atom is 0.223 e. The second kappa shape index (κ2) is 4.97. The van der Waals surface area contributed by atoms with Gasteiger partial charge in [-0.15, -0.1) is 0 Å². The van der Waals surface area contributed by atoms with Gasteiger partial charge in [-0.2, -0.15) is 0 Å². The van der Waals surface area contributed by atoms with Gasteiger partial charge in [-0.3, -0.25) is 4.79 Å². The number of rotatable bonds is 7. The van der Waals surface area contributed by atoms with Crippen molar-refractivity contribution in [3.05, 3.63) is 0 Å². The fraction of sp³-hybridized carbons (Fsp3) is 0.917. The molecule has 3 nitrogen and oxygen atoms in total. The Morgan fingerprint density at radius 2 is 2.00 bits per heavy atom. The fourth-order valence-corrected chi connectivity index (χ4v) is 1.93. The van der Waals surface area contributed by atoms with Crippen LogP contribution in [0.3, 0.4) is 0 Å². The molecule has 2 fully saturated rings. The van der Waals surface area contributed by atoms with Crippen molar-refractivity contribution in [2.45, 2.75) is 45.1 Å². The lowest BCUT2D eigenvalue weighted by molar-refractivity contribution is -0.122. The first-order chi connectivity index (χ1) is 7.25. The highest BCUT2D eigenvalue weighted by Gasteiger charge is 2.29. The topological polar surface area (TPSA) is 41.1 Å². The molecule has 0 aromatic heterocycles. The molecule has 1 amide bonds. The van der Waals surface area contributed by atoms with Crippen LogP contribution in [0, 0.1) is 11.8 Å². The number of carbonyl (C=O) groups is 1. The summed E-state index contributed by atoms with van der Waals surface area (Å²) in [6.07, 6.45) is 6.33. The van der Waals surface area contributed by atoms with E-state index in [0.717, 1.165) is 31.8 Å². The standard InChI is InChI=1S/C12H22N2O/c1-9(8-10-2-3-10)13-6-7-14-12(15)11-4-5-11/h9-11,13H,2-8H2,1H3,(H,14,15). The molecule has 0 aliphatic heterocycles. The van der Waals surface area contributed by atoms with E-state index in [4.69, 9.17) is 0 Å². The lowest BCUT2D eigenvalue weighted by Crippen LogP contribution is -2.36. The van der Waals surface area contributed by atoms with Crippen LogP contribution < -0.4 is 10.6 Å². The molecule has 2 aliphatic carbocycles. The quantitative estimate of drug-likeness (QED) is 0.622. The second-order valence-corrected chi connectivity index (χ2v) is 5.10. The molecule has 0 aromatic rings. The van der Waals surface area contributed by atoms with Crippen LogP contribution in [0.15, 0.2) is 0 Å². The Morgan fingerprint density at radius 1 is 1.27 bits per heavy atom. The molecule has 0 radical (unpaired) electrons. The minimum absolute atomic E-state index is 0.256. The molecule has 0 saturated heterocycles. The summed E-state index contributed by atoms with van der Waals surface area (Å²) in [4.78, 5) is 11.3. The van der Waals surface area contributed by atoms with Crippen molar-refractivity contribution >= 4 is 5.91 Å². The Labute approximate surface area is 92.0 Å². The third kappa shape index (κ3) is 4.20. The number of nitrogens with one attached hydrogen (secondary N) is 2. The molecular formula is C12H22N2O. The minimum atomic E-state index is 0.256. The van der Waals surface area contributed by atoms with E-state index >= 15 is 0 Å². The maximum absolute atomic E-state index is 11.3. The molecule has 15 heavy (non-hydrogen) atoms. The number of amides is 1. The van der Waals surface area contributed by atoms with Gasteiger partial charge in [0.1, 0.15) is 0 Å². The zero-order chi connectivity index (χ0) is 10.7. The van der Waals surface area contributed by atoms with Gasteiger partial charge in [-0.25, -0.2) is 0 Å². The Hall–Kier alpha value is -0.570. The molecule has 1 atom stereocenters. The van der Waals surface area contributed by atoms with Gasteiger partial charge in [0.2, 0.25) is 5.91 Å². The van der Waals surface area contributed by atoms with Crippen molar-refractivity contribution in [3.8, 4) is 0 Å². The average molecular weight is 210 g/mol. The smallest absolute Gasteiger partial charge is 0.223 e. The molecule has 1 unspecified atom stereocenters. The zero-order valence-electron chi connectivity index (χ0n) is 9.59. The van der Waals surface area contributed by atoms with Gasteiger partial charge >= 0.3 is 0 Å². The predicted molar refractivity (Wildman–Crippen MR) is 60.5 cm³/mol. The summed E-state index contributed by atoms with van der Waals surface area (Å²) in [5, 5.41) is 6.42. The molecule has 2 N–H and O–H groups in total. The van der Waals surface area contributed by atoms with Crippen LogP contribution in [0.1, 0.15) is 39.0 Å². The van der Waals surface area contributed by atoms with Crippen molar-refractivity contribution in [2.75, 3.05) is 13.1 Å². The van der Waals surface area contributed by atoms with Crippen LogP contribution in [0.4, 0.5) is 0 Å². The van der Waals surface area contributed by atoms with E-state index < -0.39 is 0 Å². The summed E-state index contributed by atoms with van der Waals surface area (Å²) in [6, 6.07) is 0.607. The molecule has 2 rings (SSSR count). The zero-order valence-corrected chi connectivity index (χ0v) is 9.59. The summed E-state index contributed by atoms with van der Waals surface area (Å²) in [7, 11) is 0. The van der Waals surface area contributed by atoms with Gasteiger partial charge in [0.25, 0.3) is 0 Å². The molecule has 2 saturated carbocycles. The van der Waals surface area contributed by atoms with Crippen molar-refractivity contribution in [2.24, 2.45) is 11.8 Å². The Kier molecular flexibility index (Phi) is 3.62. The van der Waals surface area contributed by atoms with Gasteiger partial charge < -0.3 is 10.6 Å². The molecule has 86 valence electrons. The van der Waals surface area contributed by atoms with Gasteiger partial charge in [-0.05, 0) is 32.1 Å². The first-order valence-electron chi connectivity index (χ1n) is 6.27. The number of carbonyl (C=O) groups excluding carboxylic acids is 1. The molecule has 0 spiro atoms. The minimum Gasteiger partial charge on any atom is -0.355 e. The Balaban J connectivity index is 1.44. The number of hydrogen-bond donors (Lipinski definition) is 2. The van der Waals surface area contributed by atoms with Crippen LogP contribution in [-0.2, 0) is 4.79 Å². The maximum atomic E-state index is 11.3. The fourth-order valence-electron chi connectivity index (χ4n) is 1.93. The molecule has 0 heterocycles. The highest BCUT2D eigenvalue weighted by molar-refractivity contribution is 5.80. The van der Waals surface area contributed by atoms with E-state index in [1.807, 2.05) is 0 Å². The molecule has 0 bridgehead atoms. The van der Waals surface area contributed by atoms with Gasteiger partial charge in [-0.1, -0.05) is 12.8 Å². The highest BCUT2D eigenvalue weighted by Crippen LogP contribution is 2.33. The van der Waals surface area contributed by atoms with Gasteiger partial charge in [0.05, 0.1) is 0 Å². The second-order valence-electron chi connectivity index (χ2n) is 5.10. The average Bonchev–Trinajstić information content (AvgIpc) is 3.00. The summed E-state index contributed by atoms with van der Waals surface area (Å²) in [5.74, 6) is 1.58. The summed E-state index contributed by atoms with van der Waals surface area (Å²) >= 11 is 0. The van der Waals surface area contributed by atoms with Crippen LogP contribution in [0.2, 0.25) is 0 Å². The monoisotopic (exact) mass is 210 g/mol. The Morgan fingerprint density at radius 3 is 2.60 bits per heavy atom. The van der Waals surface area contributed by atoms with E-state index in [0.29, 0.717) is 12.0 Å². The highest BCUT2D eigenvalue weighted by atomic mass is 16.2. The predicted octanol–water partition coefficient (Wildman–Crippen LogP) is 1.29. The third-order valence-corrected chi connectivity index (χ3v) is 3.25. The van der Waals surface area contributed by atoms with Crippen molar-refractivity contribution in [1.29, 1.82) is 0 Å². The van der Waals surface area contributed by atoms with Crippen LogP contribution in [-0.4, -0.2) is 25.0 Å². The van der Waals surface area contributed by atoms with Crippen LogP contribution in [0.5, 0.6) is 0 Å². The summed E-state index contributed by atoms with van der Waals surface area (Å²) in [6.45, 7) is 3.93. The van der Waals surface area contributed by atoms with Crippen molar-refractivity contribution in [1.82, 2.24) is 10.6 Å². The van der Waals surface area contributed by atoms with E-state index in [1.165, 1.54) is 19.3 Å². The van der Waals surface area contributed by atoms with E-state index in [9.17, 15) is 4.79 Å². The first kappa shape index (κ1) is 10.9. The van der Waals surface area contributed by atoms with E-state index in [2.05, 4.69) is 17.6 Å². The molecule has 2 aliphatic rings. The Bertz CT molecular complexity index is 222. The molecule has 0 aromatic carbocycles. The molecular weight excluding hydrogens is 188 g/mol. The number of hydrogen-bond acceptors (Lipinski definition) is 2. The largest absolute Gasteiger partial charge is 0.355 e. The van der Waals surface area contributed by atoms with Gasteiger partial charge in [0, 0.05) is 25.0 Å². The normalized spacial score (nSPS) is 22.5. The first-order valence-corrected chi connectivity index (χ1v) is 6.27. The van der Waals surface area contributed by atoms with Gasteiger partial charge in [0.15, 0.2) is 0 Å². The van der Waals surface area contributed by atoms with Crippen molar-refractivity contribution < 1.29 is 4.79 Å². The van der Waals surface area contributed by atoms with E-state index in [1.54, 1.807) is 0 Å². The third-order valence-electron chi connectivity index (χ3n) is 3.25. The summed E-state index contributed by atoms with van der Waals surface area (Å²) < 4.78 is 0.